The molecular formula is C15H23IN6O. The van der Waals surface area contributed by atoms with Crippen LogP contribution >= 0.6 is 24.0 Å². The SMILES string of the molecule is CCNC(=NCc1ccon1)N1CCC(c2cnn(C)c2)C1.I. The number of hydrogen-bond donors (Lipinski definition) is 1. The van der Waals surface area contributed by atoms with Gasteiger partial charge in [0.25, 0.3) is 0 Å². The number of likely N-dealkylation sites (tertiary alicyclic amines) is 1. The van der Waals surface area contributed by atoms with Gasteiger partial charge in [-0.3, -0.25) is 4.68 Å². The molecule has 0 spiro atoms. The Kier molecular flexibility index (Phi) is 6.43. The van der Waals surface area contributed by atoms with Gasteiger partial charge >= 0.3 is 0 Å². The second-order valence-corrected chi connectivity index (χ2v) is 5.54. The molecule has 1 fully saturated rings. The Morgan fingerprint density at radius 2 is 2.39 bits per heavy atom. The van der Waals surface area contributed by atoms with E-state index in [4.69, 9.17) is 4.52 Å². The van der Waals surface area contributed by atoms with Gasteiger partial charge in [-0.2, -0.15) is 5.10 Å². The van der Waals surface area contributed by atoms with E-state index in [1.807, 2.05) is 24.0 Å². The zero-order chi connectivity index (χ0) is 15.4. The minimum Gasteiger partial charge on any atom is -0.364 e. The molecule has 1 aliphatic rings. The van der Waals surface area contributed by atoms with Gasteiger partial charge in [0, 0.05) is 44.9 Å². The molecule has 126 valence electrons. The highest BCUT2D eigenvalue weighted by Gasteiger charge is 2.26. The van der Waals surface area contributed by atoms with Crippen molar-refractivity contribution in [1.29, 1.82) is 0 Å². The molecule has 1 N–H and O–H groups in total. The molecule has 0 aromatic carbocycles. The van der Waals surface area contributed by atoms with Gasteiger partial charge in [0.15, 0.2) is 5.96 Å². The van der Waals surface area contributed by atoms with Crippen LogP contribution < -0.4 is 5.32 Å². The van der Waals surface area contributed by atoms with Crippen LogP contribution in [-0.2, 0) is 13.6 Å². The Hall–Kier alpha value is -1.58. The van der Waals surface area contributed by atoms with Crippen molar-refractivity contribution in [3.05, 3.63) is 36.0 Å². The van der Waals surface area contributed by atoms with Crippen LogP contribution in [0.2, 0.25) is 0 Å². The lowest BCUT2D eigenvalue weighted by Gasteiger charge is -2.21. The van der Waals surface area contributed by atoms with Gasteiger partial charge in [0.05, 0.1) is 12.7 Å². The van der Waals surface area contributed by atoms with E-state index >= 15 is 0 Å². The van der Waals surface area contributed by atoms with Crippen molar-refractivity contribution >= 4 is 29.9 Å². The first-order valence-corrected chi connectivity index (χ1v) is 7.67. The van der Waals surface area contributed by atoms with Gasteiger partial charge in [-0.1, -0.05) is 5.16 Å². The van der Waals surface area contributed by atoms with Crippen LogP contribution in [0.1, 0.15) is 30.5 Å². The molecule has 3 rings (SSSR count). The number of halogens is 1. The Bertz CT molecular complexity index is 624. The summed E-state index contributed by atoms with van der Waals surface area (Å²) in [6.45, 7) is 5.44. The molecule has 0 bridgehead atoms. The summed E-state index contributed by atoms with van der Waals surface area (Å²) in [5.41, 5.74) is 2.15. The van der Waals surface area contributed by atoms with Crippen molar-refractivity contribution < 1.29 is 4.52 Å². The summed E-state index contributed by atoms with van der Waals surface area (Å²) in [6, 6.07) is 1.84. The van der Waals surface area contributed by atoms with Crippen molar-refractivity contribution in [2.24, 2.45) is 12.0 Å². The van der Waals surface area contributed by atoms with Crippen LogP contribution in [-0.4, -0.2) is 45.4 Å². The Morgan fingerprint density at radius 3 is 3.04 bits per heavy atom. The molecule has 1 saturated heterocycles. The topological polar surface area (TPSA) is 71.5 Å². The van der Waals surface area contributed by atoms with E-state index in [0.717, 1.165) is 37.7 Å². The quantitative estimate of drug-likeness (QED) is 0.457. The van der Waals surface area contributed by atoms with E-state index in [-0.39, 0.29) is 24.0 Å². The van der Waals surface area contributed by atoms with Crippen LogP contribution in [0, 0.1) is 0 Å². The number of aromatic nitrogens is 3. The van der Waals surface area contributed by atoms with Gasteiger partial charge in [-0.15, -0.1) is 24.0 Å². The van der Waals surface area contributed by atoms with Crippen LogP contribution in [0.4, 0.5) is 0 Å². The summed E-state index contributed by atoms with van der Waals surface area (Å²) in [4.78, 5) is 6.97. The average Bonchev–Trinajstić information content (AvgIpc) is 3.24. The van der Waals surface area contributed by atoms with Crippen LogP contribution in [0.3, 0.4) is 0 Å². The number of rotatable bonds is 4. The van der Waals surface area contributed by atoms with Crippen molar-refractivity contribution in [2.45, 2.75) is 25.8 Å². The smallest absolute Gasteiger partial charge is 0.194 e. The standard InChI is InChI=1S/C15H22N6O.HI/c1-3-16-15(17-9-14-5-7-22-19-14)21-6-4-12(11-21)13-8-18-20(2)10-13;/h5,7-8,10,12H,3-4,6,9,11H2,1-2H3,(H,16,17);1H. The first-order valence-electron chi connectivity index (χ1n) is 7.67. The van der Waals surface area contributed by atoms with E-state index in [1.165, 1.54) is 5.56 Å². The van der Waals surface area contributed by atoms with Crippen LogP contribution in [0.15, 0.2) is 34.2 Å². The third kappa shape index (κ3) is 4.46. The highest BCUT2D eigenvalue weighted by atomic mass is 127. The highest BCUT2D eigenvalue weighted by molar-refractivity contribution is 14.0. The number of nitrogens with zero attached hydrogens (tertiary/aromatic N) is 5. The number of aliphatic imine (C=N–C) groups is 1. The lowest BCUT2D eigenvalue weighted by atomic mass is 10.0. The number of aryl methyl sites for hydroxylation is 1. The van der Waals surface area contributed by atoms with Gasteiger partial charge in [0.2, 0.25) is 0 Å². The van der Waals surface area contributed by atoms with Crippen molar-refractivity contribution in [2.75, 3.05) is 19.6 Å². The summed E-state index contributed by atoms with van der Waals surface area (Å²) in [7, 11) is 1.96. The third-order valence-electron chi connectivity index (χ3n) is 3.90. The maximum Gasteiger partial charge on any atom is 0.194 e. The normalized spacial score (nSPS) is 18.1. The zero-order valence-electron chi connectivity index (χ0n) is 13.5. The minimum absolute atomic E-state index is 0. The second-order valence-electron chi connectivity index (χ2n) is 5.54. The van der Waals surface area contributed by atoms with E-state index in [2.05, 4.69) is 38.6 Å². The average molecular weight is 430 g/mol. The fraction of sp³-hybridized carbons (Fsp3) is 0.533. The molecule has 0 aliphatic carbocycles. The molecule has 1 atom stereocenters. The lowest BCUT2D eigenvalue weighted by Crippen LogP contribution is -2.40. The fourth-order valence-electron chi connectivity index (χ4n) is 2.78. The number of hydrogen-bond acceptors (Lipinski definition) is 4. The Morgan fingerprint density at radius 1 is 1.52 bits per heavy atom. The predicted octanol–water partition coefficient (Wildman–Crippen LogP) is 1.98. The monoisotopic (exact) mass is 430 g/mol. The zero-order valence-corrected chi connectivity index (χ0v) is 15.8. The molecular weight excluding hydrogens is 407 g/mol. The molecule has 0 saturated carbocycles. The predicted molar refractivity (Wildman–Crippen MR) is 98.9 cm³/mol. The maximum atomic E-state index is 4.85. The van der Waals surface area contributed by atoms with Gasteiger partial charge in [-0.25, -0.2) is 4.99 Å². The maximum absolute atomic E-state index is 4.85. The summed E-state index contributed by atoms with van der Waals surface area (Å²) in [5, 5.41) is 11.5. The van der Waals surface area contributed by atoms with Crippen LogP contribution in [0.5, 0.6) is 0 Å². The van der Waals surface area contributed by atoms with Gasteiger partial charge < -0.3 is 14.7 Å². The molecule has 1 unspecified atom stereocenters. The molecule has 2 aromatic heterocycles. The van der Waals surface area contributed by atoms with E-state index < -0.39 is 0 Å². The largest absolute Gasteiger partial charge is 0.364 e. The summed E-state index contributed by atoms with van der Waals surface area (Å²) >= 11 is 0. The molecule has 8 heteroatoms. The summed E-state index contributed by atoms with van der Waals surface area (Å²) in [5.74, 6) is 1.46. The molecule has 0 amide bonds. The first-order chi connectivity index (χ1) is 10.8. The highest BCUT2D eigenvalue weighted by Crippen LogP contribution is 2.26. The second kappa shape index (κ2) is 8.32. The fourth-order valence-corrected chi connectivity index (χ4v) is 2.78. The summed E-state index contributed by atoms with van der Waals surface area (Å²) < 4.78 is 6.71. The third-order valence-corrected chi connectivity index (χ3v) is 3.90. The van der Waals surface area contributed by atoms with E-state index in [0.29, 0.717) is 12.5 Å². The van der Waals surface area contributed by atoms with Crippen LogP contribution in [0.25, 0.3) is 0 Å². The van der Waals surface area contributed by atoms with Gasteiger partial charge in [0.1, 0.15) is 12.0 Å². The number of guanidine groups is 1. The van der Waals surface area contributed by atoms with E-state index in [9.17, 15) is 0 Å². The molecule has 1 aliphatic heterocycles. The van der Waals surface area contributed by atoms with Crippen molar-refractivity contribution in [3.63, 3.8) is 0 Å². The summed E-state index contributed by atoms with van der Waals surface area (Å²) in [6.07, 6.45) is 6.77. The molecule has 3 heterocycles. The molecule has 2 aromatic rings. The molecule has 0 radical (unpaired) electrons. The number of nitrogens with one attached hydrogen (secondary N) is 1. The lowest BCUT2D eigenvalue weighted by molar-refractivity contribution is 0.411. The first kappa shape index (κ1) is 17.8. The van der Waals surface area contributed by atoms with Crippen molar-refractivity contribution in [3.8, 4) is 0 Å². The Balaban J connectivity index is 0.00000192. The minimum atomic E-state index is 0. The molecule has 7 nitrogen and oxygen atoms in total. The van der Waals surface area contributed by atoms with Crippen molar-refractivity contribution in [1.82, 2.24) is 25.2 Å². The molecule has 23 heavy (non-hydrogen) atoms. The Labute approximate surface area is 153 Å². The van der Waals surface area contributed by atoms with Gasteiger partial charge in [-0.05, 0) is 18.9 Å². The van der Waals surface area contributed by atoms with E-state index in [1.54, 1.807) is 6.26 Å².